The van der Waals surface area contributed by atoms with Gasteiger partial charge in [-0.25, -0.2) is 0 Å². The van der Waals surface area contributed by atoms with Crippen LogP contribution in [0.2, 0.25) is 0 Å². The average molecular weight is 198 g/mol. The molecule has 0 aliphatic heterocycles. The highest BCUT2D eigenvalue weighted by atomic mass is 32.1. The molecule has 0 saturated carbocycles. The Morgan fingerprint density at radius 2 is 2.54 bits per heavy atom. The van der Waals surface area contributed by atoms with E-state index in [2.05, 4.69) is 20.6 Å². The van der Waals surface area contributed by atoms with Crippen molar-refractivity contribution in [2.45, 2.75) is 6.61 Å². The minimum Gasteiger partial charge on any atom is -0.291 e. The summed E-state index contributed by atoms with van der Waals surface area (Å²) in [6, 6.07) is 3.97. The van der Waals surface area contributed by atoms with Crippen molar-refractivity contribution in [3.05, 3.63) is 22.4 Å². The van der Waals surface area contributed by atoms with E-state index in [1.165, 1.54) is 0 Å². The molecule has 2 heterocycles. The molecular weight excluding hydrogens is 192 g/mol. The van der Waals surface area contributed by atoms with Gasteiger partial charge < -0.3 is 0 Å². The van der Waals surface area contributed by atoms with Crippen molar-refractivity contribution in [3.8, 4) is 6.01 Å². The highest BCUT2D eigenvalue weighted by Crippen LogP contribution is 2.09. The molecule has 1 N–H and O–H groups in total. The molecule has 2 aromatic heterocycles. The molecular formula is C6H6N4O2S. The van der Waals surface area contributed by atoms with Gasteiger partial charge in [-0.15, -0.1) is 11.3 Å². The lowest BCUT2D eigenvalue weighted by Crippen LogP contribution is -1.97. The van der Waals surface area contributed by atoms with Crippen LogP contribution in [0.4, 0.5) is 0 Å². The summed E-state index contributed by atoms with van der Waals surface area (Å²) in [5.41, 5.74) is 0. The number of H-pyrrole nitrogens is 1. The van der Waals surface area contributed by atoms with Crippen LogP contribution < -0.4 is 4.89 Å². The monoisotopic (exact) mass is 198 g/mol. The number of hydrogen-bond donors (Lipinski definition) is 1. The molecule has 0 aliphatic rings. The Morgan fingerprint density at radius 3 is 3.23 bits per heavy atom. The topological polar surface area (TPSA) is 72.9 Å². The minimum atomic E-state index is 0.0801. The van der Waals surface area contributed by atoms with Crippen LogP contribution in [0, 0.1) is 0 Å². The molecule has 0 spiro atoms. The van der Waals surface area contributed by atoms with Crippen LogP contribution in [0.1, 0.15) is 4.88 Å². The molecule has 0 unspecified atom stereocenters. The van der Waals surface area contributed by atoms with E-state index in [1.54, 1.807) is 11.3 Å². The van der Waals surface area contributed by atoms with Crippen LogP contribution in [0.15, 0.2) is 17.5 Å². The maximum atomic E-state index is 4.85. The Kier molecular flexibility index (Phi) is 2.48. The molecule has 2 rings (SSSR count). The first-order chi connectivity index (χ1) is 6.45. The van der Waals surface area contributed by atoms with E-state index in [-0.39, 0.29) is 6.01 Å². The second kappa shape index (κ2) is 3.97. The van der Waals surface area contributed by atoms with Crippen molar-refractivity contribution in [1.29, 1.82) is 0 Å². The third kappa shape index (κ3) is 2.23. The number of aromatic nitrogens is 4. The van der Waals surface area contributed by atoms with Crippen LogP contribution in [0.3, 0.4) is 0 Å². The first-order valence-electron chi connectivity index (χ1n) is 3.50. The van der Waals surface area contributed by atoms with Crippen molar-refractivity contribution < 1.29 is 9.78 Å². The van der Waals surface area contributed by atoms with E-state index in [9.17, 15) is 0 Å². The van der Waals surface area contributed by atoms with Gasteiger partial charge >= 0.3 is 6.01 Å². The van der Waals surface area contributed by atoms with E-state index in [4.69, 9.17) is 9.78 Å². The molecule has 0 aliphatic carbocycles. The van der Waals surface area contributed by atoms with E-state index in [1.807, 2.05) is 17.5 Å². The van der Waals surface area contributed by atoms with Crippen LogP contribution in [0.25, 0.3) is 0 Å². The summed E-state index contributed by atoms with van der Waals surface area (Å²) in [4.78, 5) is 10.6. The number of tetrazole rings is 1. The van der Waals surface area contributed by atoms with Crippen LogP contribution >= 0.6 is 11.3 Å². The number of thiophene rings is 1. The molecule has 2 aromatic rings. The average Bonchev–Trinajstić information content (AvgIpc) is 2.75. The number of nitrogens with one attached hydrogen (secondary N) is 1. The fraction of sp³-hybridized carbons (Fsp3) is 0.167. The van der Waals surface area contributed by atoms with Gasteiger partial charge in [0.2, 0.25) is 0 Å². The van der Waals surface area contributed by atoms with Crippen molar-refractivity contribution >= 4 is 11.3 Å². The molecule has 0 radical (unpaired) electrons. The maximum Gasteiger partial charge on any atom is 0.391 e. The highest BCUT2D eigenvalue weighted by molar-refractivity contribution is 7.09. The van der Waals surface area contributed by atoms with Gasteiger partial charge in [-0.2, -0.15) is 10.1 Å². The summed E-state index contributed by atoms with van der Waals surface area (Å²) < 4.78 is 0. The van der Waals surface area contributed by atoms with Gasteiger partial charge in [-0.1, -0.05) is 16.3 Å². The zero-order valence-electron chi connectivity index (χ0n) is 6.51. The van der Waals surface area contributed by atoms with Gasteiger partial charge in [0.25, 0.3) is 0 Å². The number of aromatic amines is 1. The Bertz CT molecular complexity index is 299. The first-order valence-corrected chi connectivity index (χ1v) is 4.38. The van der Waals surface area contributed by atoms with E-state index < -0.39 is 0 Å². The summed E-state index contributed by atoms with van der Waals surface area (Å²) in [5, 5.41) is 14.6. The van der Waals surface area contributed by atoms with Crippen LogP contribution in [0.5, 0.6) is 6.01 Å². The van der Waals surface area contributed by atoms with E-state index >= 15 is 0 Å². The smallest absolute Gasteiger partial charge is 0.291 e. The fourth-order valence-corrected chi connectivity index (χ4v) is 1.33. The Morgan fingerprint density at radius 1 is 1.54 bits per heavy atom. The lowest BCUT2D eigenvalue weighted by Gasteiger charge is -1.96. The summed E-state index contributed by atoms with van der Waals surface area (Å²) in [6.45, 7) is 0.381. The predicted molar refractivity (Wildman–Crippen MR) is 43.9 cm³/mol. The van der Waals surface area contributed by atoms with Gasteiger partial charge in [0.1, 0.15) is 6.61 Å². The highest BCUT2D eigenvalue weighted by Gasteiger charge is 1.99. The lowest BCUT2D eigenvalue weighted by molar-refractivity contribution is -0.223. The summed E-state index contributed by atoms with van der Waals surface area (Å²) in [7, 11) is 0. The third-order valence-corrected chi connectivity index (χ3v) is 2.09. The second-order valence-electron chi connectivity index (χ2n) is 2.12. The predicted octanol–water partition coefficient (Wildman–Crippen LogP) is 0.772. The second-order valence-corrected chi connectivity index (χ2v) is 3.15. The van der Waals surface area contributed by atoms with Gasteiger partial charge in [0.15, 0.2) is 0 Å². The molecule has 7 heteroatoms. The maximum absolute atomic E-state index is 4.85. The quantitative estimate of drug-likeness (QED) is 0.580. The Balaban J connectivity index is 1.76. The van der Waals surface area contributed by atoms with E-state index in [0.717, 1.165) is 4.88 Å². The number of rotatable bonds is 4. The van der Waals surface area contributed by atoms with Gasteiger partial charge in [0, 0.05) is 4.88 Å². The molecule has 13 heavy (non-hydrogen) atoms. The standard InChI is InChI=1S/C6H6N4O2S/c1-2-5(13-3-1)4-11-12-6-7-9-10-8-6/h1-3H,4H2,(H,7,8,9,10). The molecule has 6 nitrogen and oxygen atoms in total. The van der Waals surface area contributed by atoms with Gasteiger partial charge in [-0.3, -0.25) is 4.89 Å². The largest absolute Gasteiger partial charge is 0.391 e. The molecule has 0 aromatic carbocycles. The third-order valence-electron chi connectivity index (χ3n) is 1.24. The first kappa shape index (κ1) is 8.14. The molecule has 0 atom stereocenters. The number of hydrogen-bond acceptors (Lipinski definition) is 6. The van der Waals surface area contributed by atoms with Gasteiger partial charge in [0.05, 0.1) is 0 Å². The summed E-state index contributed by atoms with van der Waals surface area (Å²) in [5.74, 6) is 0. The van der Waals surface area contributed by atoms with Crippen LogP contribution in [-0.2, 0) is 11.5 Å². The molecule has 0 saturated heterocycles. The zero-order valence-corrected chi connectivity index (χ0v) is 7.32. The van der Waals surface area contributed by atoms with E-state index in [0.29, 0.717) is 6.61 Å². The summed E-state index contributed by atoms with van der Waals surface area (Å²) >= 11 is 1.59. The SMILES string of the molecule is c1csc(COOc2nn[nH]n2)c1. The normalized spacial score (nSPS) is 10.2. The fourth-order valence-electron chi connectivity index (χ4n) is 0.723. The lowest BCUT2D eigenvalue weighted by atomic mass is 10.5. The molecule has 0 amide bonds. The summed E-state index contributed by atoms with van der Waals surface area (Å²) in [6.07, 6.45) is 0. The Hall–Kier alpha value is -1.47. The zero-order chi connectivity index (χ0) is 8.93. The number of nitrogens with zero attached hydrogens (tertiary/aromatic N) is 3. The van der Waals surface area contributed by atoms with Crippen molar-refractivity contribution in [2.24, 2.45) is 0 Å². The molecule has 68 valence electrons. The minimum absolute atomic E-state index is 0.0801. The van der Waals surface area contributed by atoms with Crippen molar-refractivity contribution in [3.63, 3.8) is 0 Å². The van der Waals surface area contributed by atoms with Crippen LogP contribution in [-0.4, -0.2) is 20.6 Å². The van der Waals surface area contributed by atoms with Crippen molar-refractivity contribution in [2.75, 3.05) is 0 Å². The Labute approximate surface area is 77.4 Å². The van der Waals surface area contributed by atoms with Crippen molar-refractivity contribution in [1.82, 2.24) is 20.6 Å². The van der Waals surface area contributed by atoms with Gasteiger partial charge in [-0.05, 0) is 16.7 Å². The molecule has 0 bridgehead atoms. The molecule has 0 fully saturated rings.